The largest absolute Gasteiger partial charge is 0.333 e. The molecule has 3 aromatic rings. The predicted octanol–water partition coefficient (Wildman–Crippen LogP) is 3.28. The van der Waals surface area contributed by atoms with Crippen LogP contribution in [0.5, 0.6) is 0 Å². The van der Waals surface area contributed by atoms with E-state index < -0.39 is 0 Å². The normalized spacial score (nSPS) is 13.3. The van der Waals surface area contributed by atoms with Gasteiger partial charge in [0.05, 0.1) is 18.0 Å². The van der Waals surface area contributed by atoms with Crippen LogP contribution in [0.15, 0.2) is 64.3 Å². The Morgan fingerprint density at radius 2 is 1.71 bits per heavy atom. The molecule has 1 aliphatic rings. The fraction of sp³-hybridized carbons (Fsp3) is 0.158. The van der Waals surface area contributed by atoms with E-state index in [0.717, 1.165) is 21.8 Å². The average molecular weight is 336 g/mol. The van der Waals surface area contributed by atoms with Crippen LogP contribution < -0.4 is 5.69 Å². The number of aromatic nitrogens is 2. The van der Waals surface area contributed by atoms with E-state index in [1.165, 1.54) is 11.8 Å². The molecule has 1 aromatic heterocycles. The first-order valence-corrected chi connectivity index (χ1v) is 8.77. The van der Waals surface area contributed by atoms with Crippen LogP contribution >= 0.6 is 11.8 Å². The van der Waals surface area contributed by atoms with Gasteiger partial charge in [0.2, 0.25) is 0 Å². The maximum atomic E-state index is 13.1. The zero-order chi connectivity index (χ0) is 16.7. The molecule has 4 nitrogen and oxygen atoms in total. The molecule has 4 rings (SSSR count). The van der Waals surface area contributed by atoms with Crippen molar-refractivity contribution in [2.24, 2.45) is 0 Å². The van der Waals surface area contributed by atoms with Gasteiger partial charge in [-0.15, -0.1) is 11.8 Å². The molecule has 0 radical (unpaired) electrons. The summed E-state index contributed by atoms with van der Waals surface area (Å²) in [6, 6.07) is 17.5. The summed E-state index contributed by atoms with van der Waals surface area (Å²) < 4.78 is 3.27. The van der Waals surface area contributed by atoms with E-state index in [1.807, 2.05) is 61.5 Å². The summed E-state index contributed by atoms with van der Waals surface area (Å²) in [5.41, 5.74) is 2.91. The second kappa shape index (κ2) is 5.83. The second-order valence-electron chi connectivity index (χ2n) is 5.80. The molecule has 0 atom stereocenters. The number of benzene rings is 2. The third-order valence-corrected chi connectivity index (χ3v) is 5.37. The van der Waals surface area contributed by atoms with Crippen molar-refractivity contribution in [1.29, 1.82) is 0 Å². The van der Waals surface area contributed by atoms with E-state index in [-0.39, 0.29) is 11.5 Å². The Hall–Kier alpha value is -2.53. The van der Waals surface area contributed by atoms with Crippen molar-refractivity contribution < 1.29 is 4.79 Å². The van der Waals surface area contributed by atoms with Crippen molar-refractivity contribution in [2.45, 2.75) is 18.4 Å². The summed E-state index contributed by atoms with van der Waals surface area (Å²) in [4.78, 5) is 26.6. The number of thioether (sulfide) groups is 1. The minimum atomic E-state index is -0.158. The van der Waals surface area contributed by atoms with Crippen LogP contribution in [-0.4, -0.2) is 20.7 Å². The van der Waals surface area contributed by atoms with Gasteiger partial charge < -0.3 is 0 Å². The molecule has 0 fully saturated rings. The highest BCUT2D eigenvalue weighted by Gasteiger charge is 2.27. The van der Waals surface area contributed by atoms with Crippen molar-refractivity contribution >= 4 is 17.5 Å². The van der Waals surface area contributed by atoms with Crippen LogP contribution in [0.2, 0.25) is 0 Å². The maximum absolute atomic E-state index is 13.1. The summed E-state index contributed by atoms with van der Waals surface area (Å²) in [6.45, 7) is 2.32. The molecule has 0 bridgehead atoms. The Bertz CT molecular complexity index is 986. The van der Waals surface area contributed by atoms with E-state index in [2.05, 4.69) is 0 Å². The quantitative estimate of drug-likeness (QED) is 0.721. The number of Topliss-reactive ketones (excluding diaryl/α,β-unsaturated/α-hetero) is 1. The summed E-state index contributed by atoms with van der Waals surface area (Å²) in [6.07, 6.45) is 0. The molecule has 0 saturated heterocycles. The monoisotopic (exact) mass is 336 g/mol. The Morgan fingerprint density at radius 1 is 1.00 bits per heavy atom. The van der Waals surface area contributed by atoms with Gasteiger partial charge in [0.15, 0.2) is 5.78 Å². The Morgan fingerprint density at radius 3 is 2.50 bits per heavy atom. The Labute approximate surface area is 143 Å². The molecule has 5 heteroatoms. The number of ketones is 1. The Balaban J connectivity index is 1.95. The molecule has 2 aromatic carbocycles. The molecule has 0 amide bonds. The number of carbonyl (C=O) groups excluding carboxylic acids is 1. The number of fused-ring (bicyclic) bond motifs is 3. The highest BCUT2D eigenvalue weighted by atomic mass is 32.2. The minimum Gasteiger partial charge on any atom is -0.291 e. The van der Waals surface area contributed by atoms with Crippen LogP contribution in [0.1, 0.15) is 21.7 Å². The molecule has 24 heavy (non-hydrogen) atoms. The van der Waals surface area contributed by atoms with Crippen LogP contribution in [-0.2, 0) is 6.54 Å². The Kier molecular flexibility index (Phi) is 3.65. The summed E-state index contributed by atoms with van der Waals surface area (Å²) in [5, 5.41) is 0. The number of para-hydroxylation sites is 1. The van der Waals surface area contributed by atoms with Crippen LogP contribution in [0.4, 0.5) is 0 Å². The topological polar surface area (TPSA) is 44.0 Å². The lowest BCUT2D eigenvalue weighted by atomic mass is 10.2. The van der Waals surface area contributed by atoms with Gasteiger partial charge in [0.25, 0.3) is 0 Å². The van der Waals surface area contributed by atoms with E-state index in [9.17, 15) is 9.59 Å². The van der Waals surface area contributed by atoms with E-state index in [1.54, 1.807) is 9.13 Å². The van der Waals surface area contributed by atoms with E-state index in [4.69, 9.17) is 0 Å². The lowest BCUT2D eigenvalue weighted by Crippen LogP contribution is -2.25. The van der Waals surface area contributed by atoms with Crippen molar-refractivity contribution in [1.82, 2.24) is 9.13 Å². The first-order valence-electron chi connectivity index (χ1n) is 7.78. The van der Waals surface area contributed by atoms with Crippen LogP contribution in [0.25, 0.3) is 5.69 Å². The second-order valence-corrected chi connectivity index (χ2v) is 6.82. The number of rotatable bonds is 2. The summed E-state index contributed by atoms with van der Waals surface area (Å²) >= 11 is 1.49. The number of hydrogen-bond donors (Lipinski definition) is 0. The van der Waals surface area contributed by atoms with Crippen molar-refractivity contribution in [3.63, 3.8) is 0 Å². The molecule has 0 aliphatic carbocycles. The highest BCUT2D eigenvalue weighted by molar-refractivity contribution is 8.00. The zero-order valence-corrected chi connectivity index (χ0v) is 14.0. The van der Waals surface area contributed by atoms with Gasteiger partial charge in [0.1, 0.15) is 5.69 Å². The van der Waals surface area contributed by atoms with Gasteiger partial charge in [0, 0.05) is 10.6 Å². The van der Waals surface area contributed by atoms with Gasteiger partial charge in [-0.05, 0) is 24.6 Å². The van der Waals surface area contributed by atoms with Gasteiger partial charge in [-0.2, -0.15) is 0 Å². The molecule has 0 spiro atoms. The van der Waals surface area contributed by atoms with Crippen molar-refractivity contribution in [3.8, 4) is 5.69 Å². The SMILES string of the molecule is Cc1c2n(c(=O)n1Cc1ccccc1)-c1ccccc1SCC2=O. The summed E-state index contributed by atoms with van der Waals surface area (Å²) in [7, 11) is 0. The molecular formula is C19H16N2O2S. The van der Waals surface area contributed by atoms with Crippen LogP contribution in [0.3, 0.4) is 0 Å². The van der Waals surface area contributed by atoms with Crippen LogP contribution in [0, 0.1) is 6.92 Å². The average Bonchev–Trinajstić information content (AvgIpc) is 2.76. The van der Waals surface area contributed by atoms with E-state index >= 15 is 0 Å². The number of hydrogen-bond acceptors (Lipinski definition) is 3. The smallest absolute Gasteiger partial charge is 0.291 e. The third kappa shape index (κ3) is 2.32. The number of nitrogens with zero attached hydrogens (tertiary/aromatic N) is 2. The standard InChI is InChI=1S/C19H16N2O2S/c1-13-18-16(22)12-24-17-10-6-5-9-15(17)21(18)19(23)20(13)11-14-7-3-2-4-8-14/h2-10H,11-12H2,1H3. The lowest BCUT2D eigenvalue weighted by Gasteiger charge is -2.06. The van der Waals surface area contributed by atoms with Crippen molar-refractivity contribution in [3.05, 3.63) is 82.0 Å². The first-order chi connectivity index (χ1) is 11.7. The van der Waals surface area contributed by atoms with Gasteiger partial charge >= 0.3 is 5.69 Å². The molecule has 0 unspecified atom stereocenters. The predicted molar refractivity (Wildman–Crippen MR) is 95.4 cm³/mol. The van der Waals surface area contributed by atoms with E-state index in [0.29, 0.717) is 18.0 Å². The highest BCUT2D eigenvalue weighted by Crippen LogP contribution is 2.31. The molecule has 1 aliphatic heterocycles. The molecular weight excluding hydrogens is 320 g/mol. The lowest BCUT2D eigenvalue weighted by molar-refractivity contribution is 0.101. The number of imidazole rings is 1. The maximum Gasteiger partial charge on any atom is 0.333 e. The molecule has 120 valence electrons. The first kappa shape index (κ1) is 15.0. The molecule has 2 heterocycles. The van der Waals surface area contributed by atoms with Gasteiger partial charge in [-0.25, -0.2) is 4.79 Å². The third-order valence-electron chi connectivity index (χ3n) is 4.31. The molecule has 0 saturated carbocycles. The zero-order valence-electron chi connectivity index (χ0n) is 13.2. The van der Waals surface area contributed by atoms with Gasteiger partial charge in [-0.3, -0.25) is 13.9 Å². The van der Waals surface area contributed by atoms with Gasteiger partial charge in [-0.1, -0.05) is 42.5 Å². The number of carbonyl (C=O) groups is 1. The fourth-order valence-corrected chi connectivity index (χ4v) is 4.03. The molecule has 0 N–H and O–H groups in total. The van der Waals surface area contributed by atoms with Crippen molar-refractivity contribution in [2.75, 3.05) is 5.75 Å². The fourth-order valence-electron chi connectivity index (χ4n) is 3.13. The minimum absolute atomic E-state index is 0.00221. The summed E-state index contributed by atoms with van der Waals surface area (Å²) in [5.74, 6) is 0.352.